The molecule has 0 fully saturated rings. The van der Waals surface area contributed by atoms with E-state index in [4.69, 9.17) is 13.9 Å². The van der Waals surface area contributed by atoms with Crippen LogP contribution in [0.15, 0.2) is 40.8 Å². The maximum Gasteiger partial charge on any atom is 0.286 e. The maximum absolute atomic E-state index is 11.8. The van der Waals surface area contributed by atoms with Crippen molar-refractivity contribution in [1.82, 2.24) is 5.32 Å². The lowest BCUT2D eigenvalue weighted by molar-refractivity contribution is 0.0921. The summed E-state index contributed by atoms with van der Waals surface area (Å²) >= 11 is 0. The van der Waals surface area contributed by atoms with Crippen LogP contribution in [0.25, 0.3) is 0 Å². The molecule has 0 atom stereocenters. The van der Waals surface area contributed by atoms with Gasteiger partial charge in [-0.2, -0.15) is 0 Å². The van der Waals surface area contributed by atoms with Crippen LogP contribution in [0.4, 0.5) is 0 Å². The molecule has 2 aromatic rings. The average molecular weight is 303 g/mol. The summed E-state index contributed by atoms with van der Waals surface area (Å²) in [5, 5.41) is 2.81. The van der Waals surface area contributed by atoms with Gasteiger partial charge in [0.15, 0.2) is 17.3 Å². The zero-order chi connectivity index (χ0) is 15.8. The summed E-state index contributed by atoms with van der Waals surface area (Å²) in [6, 6.07) is 10.8. The molecule has 22 heavy (non-hydrogen) atoms. The number of nitrogens with one attached hydrogen (secondary N) is 1. The number of para-hydroxylation sites is 2. The van der Waals surface area contributed by atoms with Gasteiger partial charge in [-0.3, -0.25) is 4.79 Å². The molecule has 0 bridgehead atoms. The van der Waals surface area contributed by atoms with E-state index in [1.165, 1.54) is 0 Å². The Bertz CT molecular complexity index is 606. The number of methoxy groups -OCH3 is 1. The Balaban J connectivity index is 1.90. The van der Waals surface area contributed by atoms with E-state index < -0.39 is 0 Å². The summed E-state index contributed by atoms with van der Waals surface area (Å²) in [6.45, 7) is 2.97. The predicted molar refractivity (Wildman–Crippen MR) is 83.3 cm³/mol. The molecule has 2 rings (SSSR count). The van der Waals surface area contributed by atoms with E-state index in [0.29, 0.717) is 29.6 Å². The highest BCUT2D eigenvalue weighted by Crippen LogP contribution is 2.26. The second-order valence-electron chi connectivity index (χ2n) is 4.81. The number of carbonyl (C=O) groups is 1. The Kier molecular flexibility index (Phi) is 5.89. The van der Waals surface area contributed by atoms with Gasteiger partial charge in [-0.1, -0.05) is 25.5 Å². The number of carbonyl (C=O) groups excluding carboxylic acids is 1. The normalized spacial score (nSPS) is 10.3. The molecule has 0 aliphatic rings. The highest BCUT2D eigenvalue weighted by Gasteiger charge is 2.11. The van der Waals surface area contributed by atoms with Crippen molar-refractivity contribution in [3.05, 3.63) is 47.9 Å². The molecule has 0 aliphatic carbocycles. The number of benzene rings is 1. The number of rotatable bonds is 8. The van der Waals surface area contributed by atoms with Crippen LogP contribution < -0.4 is 14.8 Å². The fraction of sp³-hybridized carbons (Fsp3) is 0.353. The number of ether oxygens (including phenoxy) is 2. The quantitative estimate of drug-likeness (QED) is 0.759. The van der Waals surface area contributed by atoms with Crippen LogP contribution in [0.3, 0.4) is 0 Å². The molecule has 0 unspecified atom stereocenters. The second-order valence-corrected chi connectivity index (χ2v) is 4.81. The van der Waals surface area contributed by atoms with Gasteiger partial charge in [0.2, 0.25) is 0 Å². The van der Waals surface area contributed by atoms with Crippen LogP contribution in [0, 0.1) is 0 Å². The van der Waals surface area contributed by atoms with Crippen molar-refractivity contribution in [1.29, 1.82) is 0 Å². The van der Waals surface area contributed by atoms with Crippen molar-refractivity contribution >= 4 is 5.91 Å². The van der Waals surface area contributed by atoms with Crippen molar-refractivity contribution in [3.8, 4) is 11.5 Å². The molecular formula is C17H21NO4. The van der Waals surface area contributed by atoms with Crippen LogP contribution in [0.1, 0.15) is 36.1 Å². The monoisotopic (exact) mass is 303 g/mol. The summed E-state index contributed by atoms with van der Waals surface area (Å²) in [4.78, 5) is 11.8. The van der Waals surface area contributed by atoms with E-state index in [2.05, 4.69) is 12.2 Å². The van der Waals surface area contributed by atoms with E-state index in [1.54, 1.807) is 19.2 Å². The lowest BCUT2D eigenvalue weighted by atomic mass is 10.3. The number of amides is 1. The Labute approximate surface area is 130 Å². The minimum atomic E-state index is -0.197. The van der Waals surface area contributed by atoms with E-state index in [-0.39, 0.29) is 12.5 Å². The van der Waals surface area contributed by atoms with Gasteiger partial charge in [0.05, 0.1) is 7.11 Å². The molecule has 1 amide bonds. The van der Waals surface area contributed by atoms with Gasteiger partial charge in [0.1, 0.15) is 12.4 Å². The number of hydrogen-bond donors (Lipinski definition) is 1. The van der Waals surface area contributed by atoms with Gasteiger partial charge in [0.25, 0.3) is 5.91 Å². The molecule has 1 aromatic heterocycles. The largest absolute Gasteiger partial charge is 0.493 e. The Morgan fingerprint density at radius 3 is 2.68 bits per heavy atom. The molecule has 5 heteroatoms. The van der Waals surface area contributed by atoms with Crippen LogP contribution in [-0.2, 0) is 6.61 Å². The third-order valence-corrected chi connectivity index (χ3v) is 3.14. The van der Waals surface area contributed by atoms with E-state index in [0.717, 1.165) is 12.8 Å². The number of furan rings is 1. The van der Waals surface area contributed by atoms with Crippen LogP contribution in [0.2, 0.25) is 0 Å². The Morgan fingerprint density at radius 2 is 1.95 bits per heavy atom. The van der Waals surface area contributed by atoms with Crippen molar-refractivity contribution in [2.24, 2.45) is 0 Å². The van der Waals surface area contributed by atoms with Gasteiger partial charge < -0.3 is 19.2 Å². The fourth-order valence-electron chi connectivity index (χ4n) is 1.93. The molecular weight excluding hydrogens is 282 g/mol. The van der Waals surface area contributed by atoms with E-state index >= 15 is 0 Å². The molecule has 0 saturated carbocycles. The third kappa shape index (κ3) is 4.28. The second kappa shape index (κ2) is 8.12. The van der Waals surface area contributed by atoms with Gasteiger partial charge >= 0.3 is 0 Å². The number of hydrogen-bond acceptors (Lipinski definition) is 4. The SMILES string of the molecule is CCCCNC(=O)c1ccc(COc2ccccc2OC)o1. The first-order valence-electron chi connectivity index (χ1n) is 7.37. The molecule has 118 valence electrons. The first-order valence-corrected chi connectivity index (χ1v) is 7.37. The van der Waals surface area contributed by atoms with E-state index in [9.17, 15) is 4.79 Å². The molecule has 0 radical (unpaired) electrons. The van der Waals surface area contributed by atoms with Crippen LogP contribution >= 0.6 is 0 Å². The van der Waals surface area contributed by atoms with Crippen LogP contribution in [0.5, 0.6) is 11.5 Å². The summed E-state index contributed by atoms with van der Waals surface area (Å²) in [5.41, 5.74) is 0. The average Bonchev–Trinajstić information content (AvgIpc) is 3.02. The molecule has 1 aromatic carbocycles. The fourth-order valence-corrected chi connectivity index (χ4v) is 1.93. The molecule has 0 saturated heterocycles. The minimum absolute atomic E-state index is 0.197. The summed E-state index contributed by atoms with van der Waals surface area (Å²) < 4.78 is 16.4. The van der Waals surface area contributed by atoms with E-state index in [1.807, 2.05) is 24.3 Å². The highest BCUT2D eigenvalue weighted by molar-refractivity contribution is 5.91. The summed E-state index contributed by atoms with van der Waals surface area (Å²) in [7, 11) is 1.59. The molecule has 0 spiro atoms. The Hall–Kier alpha value is -2.43. The van der Waals surface area contributed by atoms with Gasteiger partial charge in [-0.15, -0.1) is 0 Å². The zero-order valence-corrected chi connectivity index (χ0v) is 12.9. The summed E-state index contributed by atoms with van der Waals surface area (Å²) in [5.74, 6) is 1.99. The van der Waals surface area contributed by atoms with Crippen LogP contribution in [-0.4, -0.2) is 19.6 Å². The first-order chi connectivity index (χ1) is 10.7. The van der Waals surface area contributed by atoms with Crippen molar-refractivity contribution < 1.29 is 18.7 Å². The molecule has 1 heterocycles. The highest BCUT2D eigenvalue weighted by atomic mass is 16.5. The van der Waals surface area contributed by atoms with Crippen molar-refractivity contribution in [3.63, 3.8) is 0 Å². The third-order valence-electron chi connectivity index (χ3n) is 3.14. The topological polar surface area (TPSA) is 60.7 Å². The van der Waals surface area contributed by atoms with Gasteiger partial charge in [0, 0.05) is 6.54 Å². The predicted octanol–water partition coefficient (Wildman–Crippen LogP) is 3.40. The van der Waals surface area contributed by atoms with Gasteiger partial charge in [-0.05, 0) is 30.7 Å². The standard InChI is InChI=1S/C17H21NO4/c1-3-4-11-18-17(19)16-10-9-13(22-16)12-21-15-8-6-5-7-14(15)20-2/h5-10H,3-4,11-12H2,1-2H3,(H,18,19). The number of unbranched alkanes of at least 4 members (excludes halogenated alkanes) is 1. The molecule has 1 N–H and O–H groups in total. The molecule has 0 aliphatic heterocycles. The molecule has 5 nitrogen and oxygen atoms in total. The lowest BCUT2D eigenvalue weighted by Crippen LogP contribution is -2.23. The maximum atomic E-state index is 11.8. The smallest absolute Gasteiger partial charge is 0.286 e. The Morgan fingerprint density at radius 1 is 1.18 bits per heavy atom. The zero-order valence-electron chi connectivity index (χ0n) is 12.9. The van der Waals surface area contributed by atoms with Crippen molar-refractivity contribution in [2.45, 2.75) is 26.4 Å². The lowest BCUT2D eigenvalue weighted by Gasteiger charge is -2.08. The minimum Gasteiger partial charge on any atom is -0.493 e. The first kappa shape index (κ1) is 15.9. The van der Waals surface area contributed by atoms with Gasteiger partial charge in [-0.25, -0.2) is 0 Å². The summed E-state index contributed by atoms with van der Waals surface area (Å²) in [6.07, 6.45) is 1.99. The van der Waals surface area contributed by atoms with Crippen molar-refractivity contribution in [2.75, 3.05) is 13.7 Å².